The van der Waals surface area contributed by atoms with Crippen LogP contribution in [0.3, 0.4) is 0 Å². The molecular weight excluding hydrogens is 272 g/mol. The van der Waals surface area contributed by atoms with Crippen molar-refractivity contribution in [3.8, 4) is 0 Å². The van der Waals surface area contributed by atoms with E-state index in [-0.39, 0.29) is 5.91 Å². The third-order valence-electron chi connectivity index (χ3n) is 4.45. The van der Waals surface area contributed by atoms with Gasteiger partial charge in [0, 0.05) is 17.4 Å². The molecular formula is C19H22N2O. The van der Waals surface area contributed by atoms with Crippen LogP contribution in [0, 0.1) is 13.8 Å². The zero-order chi connectivity index (χ0) is 15.7. The van der Waals surface area contributed by atoms with Crippen LogP contribution >= 0.6 is 0 Å². The second kappa shape index (κ2) is 5.84. The van der Waals surface area contributed by atoms with Crippen LogP contribution in [0.5, 0.6) is 0 Å². The van der Waals surface area contributed by atoms with Crippen molar-refractivity contribution in [2.24, 2.45) is 0 Å². The van der Waals surface area contributed by atoms with Gasteiger partial charge in [0.05, 0.1) is 6.54 Å². The van der Waals surface area contributed by atoms with Gasteiger partial charge in [-0.15, -0.1) is 0 Å². The SMILES string of the molecule is Cc1ccc(NC(=O)CN2c3ccccc3C[C@H]2C)cc1C. The number of benzene rings is 2. The molecule has 3 heteroatoms. The molecule has 1 N–H and O–H groups in total. The van der Waals surface area contributed by atoms with Crippen molar-refractivity contribution >= 4 is 17.3 Å². The summed E-state index contributed by atoms with van der Waals surface area (Å²) in [7, 11) is 0. The molecule has 1 heterocycles. The van der Waals surface area contributed by atoms with E-state index in [4.69, 9.17) is 0 Å². The Balaban J connectivity index is 1.70. The van der Waals surface area contributed by atoms with Gasteiger partial charge in [0.2, 0.25) is 5.91 Å². The maximum atomic E-state index is 12.4. The summed E-state index contributed by atoms with van der Waals surface area (Å²) in [6, 6.07) is 14.7. The first kappa shape index (κ1) is 14.6. The summed E-state index contributed by atoms with van der Waals surface area (Å²) in [6.07, 6.45) is 1.01. The zero-order valence-electron chi connectivity index (χ0n) is 13.4. The number of nitrogens with one attached hydrogen (secondary N) is 1. The Labute approximate surface area is 132 Å². The standard InChI is InChI=1S/C19H22N2O/c1-13-8-9-17(10-14(13)2)20-19(22)12-21-15(3)11-16-6-4-5-7-18(16)21/h4-10,15H,11-12H2,1-3H3,(H,20,22)/t15-/m1/s1. The van der Waals surface area contributed by atoms with Gasteiger partial charge in [0.1, 0.15) is 0 Å². The lowest BCUT2D eigenvalue weighted by atomic mass is 10.1. The van der Waals surface area contributed by atoms with Crippen LogP contribution in [-0.4, -0.2) is 18.5 Å². The van der Waals surface area contributed by atoms with Gasteiger partial charge in [-0.3, -0.25) is 4.79 Å². The molecule has 0 spiro atoms. The maximum absolute atomic E-state index is 12.4. The molecule has 1 amide bonds. The number of amides is 1. The lowest BCUT2D eigenvalue weighted by Gasteiger charge is -2.24. The number of hydrogen-bond acceptors (Lipinski definition) is 2. The van der Waals surface area contributed by atoms with Crippen LogP contribution in [-0.2, 0) is 11.2 Å². The average Bonchev–Trinajstić information content (AvgIpc) is 2.79. The van der Waals surface area contributed by atoms with Crippen molar-refractivity contribution in [1.29, 1.82) is 0 Å². The Bertz CT molecular complexity index is 708. The van der Waals surface area contributed by atoms with E-state index in [9.17, 15) is 4.79 Å². The van der Waals surface area contributed by atoms with Gasteiger partial charge in [0.25, 0.3) is 0 Å². The minimum Gasteiger partial charge on any atom is -0.359 e. The molecule has 0 aromatic heterocycles. The molecule has 0 saturated heterocycles. The highest BCUT2D eigenvalue weighted by Gasteiger charge is 2.26. The Morgan fingerprint density at radius 1 is 1.18 bits per heavy atom. The van der Waals surface area contributed by atoms with Gasteiger partial charge in [-0.25, -0.2) is 0 Å². The molecule has 114 valence electrons. The molecule has 3 rings (SSSR count). The Morgan fingerprint density at radius 2 is 1.95 bits per heavy atom. The summed E-state index contributed by atoms with van der Waals surface area (Å²) in [5.41, 5.74) is 5.81. The fraction of sp³-hybridized carbons (Fsp3) is 0.316. The van der Waals surface area contributed by atoms with Crippen LogP contribution < -0.4 is 10.2 Å². The monoisotopic (exact) mass is 294 g/mol. The summed E-state index contributed by atoms with van der Waals surface area (Å²) >= 11 is 0. The molecule has 1 aliphatic heterocycles. The van der Waals surface area contributed by atoms with Crippen molar-refractivity contribution in [1.82, 2.24) is 0 Å². The minimum atomic E-state index is 0.0341. The van der Waals surface area contributed by atoms with Gasteiger partial charge < -0.3 is 10.2 Å². The van der Waals surface area contributed by atoms with E-state index in [0.717, 1.165) is 12.1 Å². The summed E-state index contributed by atoms with van der Waals surface area (Å²) < 4.78 is 0. The molecule has 1 atom stereocenters. The van der Waals surface area contributed by atoms with Crippen LogP contribution in [0.15, 0.2) is 42.5 Å². The number of anilines is 2. The third kappa shape index (κ3) is 2.84. The second-order valence-corrected chi connectivity index (χ2v) is 6.16. The number of aryl methyl sites for hydroxylation is 2. The third-order valence-corrected chi connectivity index (χ3v) is 4.45. The number of carbonyl (C=O) groups is 1. The Hall–Kier alpha value is -2.29. The van der Waals surface area contributed by atoms with Gasteiger partial charge in [-0.05, 0) is 62.1 Å². The summed E-state index contributed by atoms with van der Waals surface area (Å²) in [5, 5.41) is 3.01. The van der Waals surface area contributed by atoms with E-state index in [1.54, 1.807) is 0 Å². The lowest BCUT2D eigenvalue weighted by molar-refractivity contribution is -0.115. The average molecular weight is 294 g/mol. The van der Waals surface area contributed by atoms with E-state index in [1.165, 1.54) is 22.4 Å². The van der Waals surface area contributed by atoms with Crippen molar-refractivity contribution in [3.63, 3.8) is 0 Å². The van der Waals surface area contributed by atoms with Crippen molar-refractivity contribution in [3.05, 3.63) is 59.2 Å². The minimum absolute atomic E-state index is 0.0341. The molecule has 0 saturated carbocycles. The van der Waals surface area contributed by atoms with Crippen molar-refractivity contribution in [2.45, 2.75) is 33.2 Å². The van der Waals surface area contributed by atoms with Crippen molar-refractivity contribution in [2.75, 3.05) is 16.8 Å². The van der Waals surface area contributed by atoms with E-state index < -0.39 is 0 Å². The van der Waals surface area contributed by atoms with Crippen LogP contribution in [0.2, 0.25) is 0 Å². The maximum Gasteiger partial charge on any atom is 0.243 e. The Morgan fingerprint density at radius 3 is 2.73 bits per heavy atom. The van der Waals surface area contributed by atoms with Gasteiger partial charge in [-0.1, -0.05) is 24.3 Å². The van der Waals surface area contributed by atoms with E-state index >= 15 is 0 Å². The lowest BCUT2D eigenvalue weighted by Crippen LogP contribution is -2.37. The summed E-state index contributed by atoms with van der Waals surface area (Å²) in [4.78, 5) is 14.6. The Kier molecular flexibility index (Phi) is 3.88. The van der Waals surface area contributed by atoms with Crippen molar-refractivity contribution < 1.29 is 4.79 Å². The molecule has 3 nitrogen and oxygen atoms in total. The first-order valence-corrected chi connectivity index (χ1v) is 7.76. The number of carbonyl (C=O) groups excluding carboxylic acids is 1. The normalized spacial score (nSPS) is 16.5. The summed E-state index contributed by atoms with van der Waals surface area (Å²) in [6.45, 7) is 6.70. The molecule has 0 unspecified atom stereocenters. The number of nitrogens with zero attached hydrogens (tertiary/aromatic N) is 1. The molecule has 1 aliphatic rings. The fourth-order valence-electron chi connectivity index (χ4n) is 3.04. The molecule has 2 aromatic rings. The number of para-hydroxylation sites is 1. The number of fused-ring (bicyclic) bond motifs is 1. The van der Waals surface area contributed by atoms with E-state index in [2.05, 4.69) is 49.2 Å². The quantitative estimate of drug-likeness (QED) is 0.936. The highest BCUT2D eigenvalue weighted by atomic mass is 16.2. The van der Waals surface area contributed by atoms with Gasteiger partial charge >= 0.3 is 0 Å². The molecule has 0 radical (unpaired) electrons. The van der Waals surface area contributed by atoms with Crippen LogP contribution in [0.1, 0.15) is 23.6 Å². The zero-order valence-corrected chi connectivity index (χ0v) is 13.4. The molecule has 22 heavy (non-hydrogen) atoms. The molecule has 0 bridgehead atoms. The highest BCUT2D eigenvalue weighted by Crippen LogP contribution is 2.31. The first-order valence-electron chi connectivity index (χ1n) is 7.76. The second-order valence-electron chi connectivity index (χ2n) is 6.16. The number of hydrogen-bond donors (Lipinski definition) is 1. The van der Waals surface area contributed by atoms with E-state index in [1.807, 2.05) is 24.3 Å². The molecule has 0 fully saturated rings. The fourth-order valence-corrected chi connectivity index (χ4v) is 3.04. The van der Waals surface area contributed by atoms with Gasteiger partial charge in [0.15, 0.2) is 0 Å². The largest absolute Gasteiger partial charge is 0.359 e. The van der Waals surface area contributed by atoms with E-state index in [0.29, 0.717) is 12.6 Å². The van der Waals surface area contributed by atoms with Crippen LogP contribution in [0.25, 0.3) is 0 Å². The molecule has 0 aliphatic carbocycles. The predicted octanol–water partition coefficient (Wildman–Crippen LogP) is 3.69. The topological polar surface area (TPSA) is 32.3 Å². The first-order chi connectivity index (χ1) is 10.5. The number of rotatable bonds is 3. The smallest absolute Gasteiger partial charge is 0.243 e. The highest BCUT2D eigenvalue weighted by molar-refractivity contribution is 5.94. The van der Waals surface area contributed by atoms with Gasteiger partial charge in [-0.2, -0.15) is 0 Å². The van der Waals surface area contributed by atoms with Crippen LogP contribution in [0.4, 0.5) is 11.4 Å². The summed E-state index contributed by atoms with van der Waals surface area (Å²) in [5.74, 6) is 0.0341. The molecule has 2 aromatic carbocycles. The predicted molar refractivity (Wildman–Crippen MR) is 91.5 cm³/mol.